The standard InChI is InChI=1S/C9H9NO4.K/c1-2-14-9(13)6-4-3-5-10-7(6)8(11)12;/h3-5H,2H2,1H3,(H,11,12);/q;+1/p-1. The second-order valence-electron chi connectivity index (χ2n) is 2.41. The molecule has 1 aromatic heterocycles. The molecule has 0 saturated heterocycles. The van der Waals surface area contributed by atoms with Gasteiger partial charge in [-0.15, -0.1) is 0 Å². The van der Waals surface area contributed by atoms with Crippen molar-refractivity contribution in [2.24, 2.45) is 0 Å². The zero-order chi connectivity index (χ0) is 10.6. The topological polar surface area (TPSA) is 79.3 Å². The van der Waals surface area contributed by atoms with Crippen LogP contribution in [0.5, 0.6) is 0 Å². The smallest absolute Gasteiger partial charge is 0.543 e. The molecule has 0 bridgehead atoms. The number of rotatable bonds is 3. The first-order valence-electron chi connectivity index (χ1n) is 4.00. The van der Waals surface area contributed by atoms with Crippen LogP contribution in [0.1, 0.15) is 27.8 Å². The fraction of sp³-hybridized carbons (Fsp3) is 0.222. The third-order valence-electron chi connectivity index (χ3n) is 1.50. The van der Waals surface area contributed by atoms with Crippen molar-refractivity contribution in [2.45, 2.75) is 6.92 Å². The van der Waals surface area contributed by atoms with Crippen LogP contribution in [0.2, 0.25) is 0 Å². The molecule has 5 nitrogen and oxygen atoms in total. The second kappa shape index (κ2) is 7.07. The van der Waals surface area contributed by atoms with E-state index in [1.807, 2.05) is 0 Å². The van der Waals surface area contributed by atoms with Gasteiger partial charge in [0.25, 0.3) is 0 Å². The number of carboxylic acid groups (broad SMARTS) is 1. The van der Waals surface area contributed by atoms with E-state index < -0.39 is 17.6 Å². The number of carbonyl (C=O) groups is 2. The van der Waals surface area contributed by atoms with E-state index in [1.54, 1.807) is 6.92 Å². The maximum absolute atomic E-state index is 11.2. The number of aromatic nitrogens is 1. The van der Waals surface area contributed by atoms with Crippen LogP contribution in [0.4, 0.5) is 0 Å². The third kappa shape index (κ3) is 4.00. The van der Waals surface area contributed by atoms with Crippen LogP contribution in [0.15, 0.2) is 18.3 Å². The summed E-state index contributed by atoms with van der Waals surface area (Å²) in [4.78, 5) is 25.3. The first kappa shape index (κ1) is 14.7. The van der Waals surface area contributed by atoms with Crippen molar-refractivity contribution in [2.75, 3.05) is 6.61 Å². The summed E-state index contributed by atoms with van der Waals surface area (Å²) in [5.41, 5.74) is -0.486. The molecule has 0 aliphatic rings. The van der Waals surface area contributed by atoms with Crippen LogP contribution in [-0.4, -0.2) is 23.5 Å². The number of aromatic carboxylic acids is 1. The SMILES string of the molecule is CCOC(=O)c1cccnc1C(=O)[O-].[K+]. The minimum atomic E-state index is -1.49. The van der Waals surface area contributed by atoms with Crippen LogP contribution in [0.25, 0.3) is 0 Å². The molecule has 0 fully saturated rings. The van der Waals surface area contributed by atoms with Crippen molar-refractivity contribution in [1.82, 2.24) is 4.98 Å². The van der Waals surface area contributed by atoms with Crippen molar-refractivity contribution < 1.29 is 70.8 Å². The third-order valence-corrected chi connectivity index (χ3v) is 1.50. The average Bonchev–Trinajstić information content (AvgIpc) is 2.18. The Balaban J connectivity index is 0.00000196. The number of carbonyl (C=O) groups excluding carboxylic acids is 2. The van der Waals surface area contributed by atoms with E-state index in [-0.39, 0.29) is 63.6 Å². The number of hydrogen-bond donors (Lipinski definition) is 0. The Hall–Kier alpha value is -0.274. The minimum absolute atomic E-state index is 0. The van der Waals surface area contributed by atoms with Crippen LogP contribution < -0.4 is 56.5 Å². The molecule has 0 radical (unpaired) electrons. The summed E-state index contributed by atoms with van der Waals surface area (Å²) in [6.07, 6.45) is 1.27. The predicted molar refractivity (Wildman–Crippen MR) is 44.5 cm³/mol. The first-order chi connectivity index (χ1) is 6.66. The fourth-order valence-corrected chi connectivity index (χ4v) is 0.942. The molecule has 0 atom stereocenters. The van der Waals surface area contributed by atoms with Gasteiger partial charge in [-0.05, 0) is 19.1 Å². The Morgan fingerprint density at radius 2 is 2.20 bits per heavy atom. The predicted octanol–water partition coefficient (Wildman–Crippen LogP) is -3.37. The normalized spacial score (nSPS) is 8.87. The van der Waals surface area contributed by atoms with Gasteiger partial charge in [0.05, 0.1) is 18.1 Å². The van der Waals surface area contributed by atoms with Gasteiger partial charge >= 0.3 is 57.4 Å². The molecule has 1 heterocycles. The van der Waals surface area contributed by atoms with Crippen molar-refractivity contribution in [3.63, 3.8) is 0 Å². The first-order valence-corrected chi connectivity index (χ1v) is 4.00. The zero-order valence-corrected chi connectivity index (χ0v) is 11.6. The Morgan fingerprint density at radius 3 is 2.73 bits per heavy atom. The van der Waals surface area contributed by atoms with Crippen molar-refractivity contribution in [1.29, 1.82) is 0 Å². The zero-order valence-electron chi connectivity index (χ0n) is 8.52. The Morgan fingerprint density at radius 1 is 1.53 bits per heavy atom. The van der Waals surface area contributed by atoms with Crippen molar-refractivity contribution in [3.8, 4) is 0 Å². The summed E-state index contributed by atoms with van der Waals surface area (Å²) in [7, 11) is 0. The minimum Gasteiger partial charge on any atom is -0.543 e. The number of hydrogen-bond acceptors (Lipinski definition) is 5. The molecule has 0 aromatic carbocycles. The summed E-state index contributed by atoms with van der Waals surface area (Å²) >= 11 is 0. The molecule has 1 aromatic rings. The van der Waals surface area contributed by atoms with Gasteiger partial charge in [0, 0.05) is 6.20 Å². The number of carboxylic acids is 1. The molecule has 15 heavy (non-hydrogen) atoms. The molecular weight excluding hydrogens is 225 g/mol. The van der Waals surface area contributed by atoms with Crippen LogP contribution >= 0.6 is 0 Å². The average molecular weight is 233 g/mol. The summed E-state index contributed by atoms with van der Waals surface area (Å²) < 4.78 is 4.65. The van der Waals surface area contributed by atoms with E-state index in [4.69, 9.17) is 0 Å². The van der Waals surface area contributed by atoms with E-state index in [9.17, 15) is 14.7 Å². The molecule has 0 aliphatic carbocycles. The molecule has 0 aliphatic heterocycles. The molecule has 0 spiro atoms. The van der Waals surface area contributed by atoms with Gasteiger partial charge in [0.15, 0.2) is 0 Å². The molecule has 0 amide bonds. The van der Waals surface area contributed by atoms with Gasteiger partial charge in [-0.25, -0.2) is 4.79 Å². The monoisotopic (exact) mass is 233 g/mol. The summed E-state index contributed by atoms with van der Waals surface area (Å²) in [6.45, 7) is 1.81. The second-order valence-corrected chi connectivity index (χ2v) is 2.41. The largest absolute Gasteiger partial charge is 1.00 e. The van der Waals surface area contributed by atoms with Gasteiger partial charge in [0.1, 0.15) is 5.69 Å². The van der Waals surface area contributed by atoms with Gasteiger partial charge in [0.2, 0.25) is 0 Å². The van der Waals surface area contributed by atoms with Gasteiger partial charge < -0.3 is 14.6 Å². The van der Waals surface area contributed by atoms with Crippen molar-refractivity contribution in [3.05, 3.63) is 29.6 Å². The van der Waals surface area contributed by atoms with E-state index in [1.165, 1.54) is 18.3 Å². The summed E-state index contributed by atoms with van der Waals surface area (Å²) in [5, 5.41) is 10.5. The van der Waals surface area contributed by atoms with E-state index in [0.29, 0.717) is 0 Å². The molecule has 1 rings (SSSR count). The number of pyridine rings is 1. The maximum Gasteiger partial charge on any atom is 1.00 e. The van der Waals surface area contributed by atoms with Gasteiger partial charge in [-0.3, -0.25) is 4.98 Å². The van der Waals surface area contributed by atoms with Gasteiger partial charge in [-0.2, -0.15) is 0 Å². The molecule has 0 N–H and O–H groups in total. The fourth-order valence-electron chi connectivity index (χ4n) is 0.942. The van der Waals surface area contributed by atoms with E-state index in [2.05, 4.69) is 9.72 Å². The Bertz CT molecular complexity index is 367. The molecule has 0 unspecified atom stereocenters. The summed E-state index contributed by atoms with van der Waals surface area (Å²) in [5.74, 6) is -2.20. The van der Waals surface area contributed by atoms with Crippen LogP contribution in [0.3, 0.4) is 0 Å². The Labute approximate surface area is 129 Å². The molecule has 74 valence electrons. The van der Waals surface area contributed by atoms with Crippen LogP contribution in [0, 0.1) is 0 Å². The molecular formula is C9H8KNO4. The quantitative estimate of drug-likeness (QED) is 0.402. The number of ether oxygens (including phenoxy) is 1. The Kier molecular flexibility index (Phi) is 6.95. The number of esters is 1. The van der Waals surface area contributed by atoms with E-state index in [0.717, 1.165) is 0 Å². The van der Waals surface area contributed by atoms with Gasteiger partial charge in [-0.1, -0.05) is 0 Å². The van der Waals surface area contributed by atoms with E-state index >= 15 is 0 Å². The maximum atomic E-state index is 11.2. The molecule has 0 saturated carbocycles. The van der Waals surface area contributed by atoms with Crippen molar-refractivity contribution >= 4 is 11.9 Å². The van der Waals surface area contributed by atoms with Crippen LogP contribution in [-0.2, 0) is 4.74 Å². The summed E-state index contributed by atoms with van der Waals surface area (Å²) in [6, 6.07) is 2.79. The molecule has 6 heteroatoms. The number of nitrogens with zero attached hydrogens (tertiary/aromatic N) is 1.